The Hall–Kier alpha value is -2.04. The van der Waals surface area contributed by atoms with E-state index in [-0.39, 0.29) is 5.97 Å². The summed E-state index contributed by atoms with van der Waals surface area (Å²) in [6, 6.07) is 1.95. The Morgan fingerprint density at radius 2 is 2.21 bits per heavy atom. The number of hydrogen-bond donors (Lipinski definition) is 0. The second kappa shape index (κ2) is 6.22. The number of aromatic nitrogens is 3. The SMILES string of the molecule is CCOC(=O)c1c(C)ccn1CCCn1ccnc1. The molecule has 0 atom stereocenters. The highest BCUT2D eigenvalue weighted by Crippen LogP contribution is 2.12. The maximum Gasteiger partial charge on any atom is 0.355 e. The molecule has 0 aliphatic carbocycles. The van der Waals surface area contributed by atoms with Crippen LogP contribution in [0.2, 0.25) is 0 Å². The van der Waals surface area contributed by atoms with Crippen molar-refractivity contribution in [2.24, 2.45) is 0 Å². The normalized spacial score (nSPS) is 10.6. The Bertz CT molecular complexity index is 529. The molecule has 0 spiro atoms. The first-order valence-corrected chi connectivity index (χ1v) is 6.51. The van der Waals surface area contributed by atoms with Crippen molar-refractivity contribution < 1.29 is 9.53 Å². The molecule has 5 heteroatoms. The molecule has 0 saturated heterocycles. The van der Waals surface area contributed by atoms with Gasteiger partial charge in [0, 0.05) is 31.7 Å². The summed E-state index contributed by atoms with van der Waals surface area (Å²) in [6.07, 6.45) is 8.39. The van der Waals surface area contributed by atoms with Crippen LogP contribution in [-0.2, 0) is 17.8 Å². The van der Waals surface area contributed by atoms with Crippen LogP contribution in [-0.4, -0.2) is 26.7 Å². The predicted octanol–water partition coefficient (Wildman–Crippen LogP) is 2.26. The number of imidazole rings is 1. The van der Waals surface area contributed by atoms with E-state index in [1.54, 1.807) is 12.5 Å². The molecule has 0 amide bonds. The first-order chi connectivity index (χ1) is 9.22. The Balaban J connectivity index is 1.98. The molecule has 2 aromatic rings. The van der Waals surface area contributed by atoms with E-state index < -0.39 is 0 Å². The average Bonchev–Trinajstić information content (AvgIpc) is 3.00. The number of hydrogen-bond acceptors (Lipinski definition) is 3. The summed E-state index contributed by atoms with van der Waals surface area (Å²) >= 11 is 0. The maximum absolute atomic E-state index is 11.9. The maximum atomic E-state index is 11.9. The van der Waals surface area contributed by atoms with Crippen molar-refractivity contribution >= 4 is 5.97 Å². The van der Waals surface area contributed by atoms with Gasteiger partial charge in [-0.1, -0.05) is 0 Å². The lowest BCUT2D eigenvalue weighted by molar-refractivity contribution is 0.0512. The van der Waals surface area contributed by atoms with Crippen LogP contribution in [0.1, 0.15) is 29.4 Å². The molecular formula is C14H19N3O2. The zero-order valence-electron chi connectivity index (χ0n) is 11.4. The number of carbonyl (C=O) groups excluding carboxylic acids is 1. The van der Waals surface area contributed by atoms with Crippen LogP contribution in [0, 0.1) is 6.92 Å². The molecule has 2 rings (SSSR count). The number of nitrogens with zero attached hydrogens (tertiary/aromatic N) is 3. The van der Waals surface area contributed by atoms with Crippen LogP contribution in [0.5, 0.6) is 0 Å². The van der Waals surface area contributed by atoms with Gasteiger partial charge in [0.05, 0.1) is 12.9 Å². The average molecular weight is 261 g/mol. The van der Waals surface area contributed by atoms with Crippen LogP contribution in [0.4, 0.5) is 0 Å². The lowest BCUT2D eigenvalue weighted by Gasteiger charge is -2.09. The second-order valence-electron chi connectivity index (χ2n) is 4.42. The largest absolute Gasteiger partial charge is 0.461 e. The lowest BCUT2D eigenvalue weighted by atomic mass is 10.2. The molecule has 0 radical (unpaired) electrons. The van der Waals surface area contributed by atoms with Crippen molar-refractivity contribution in [2.75, 3.05) is 6.61 Å². The molecule has 0 aromatic carbocycles. The molecule has 102 valence electrons. The number of ether oxygens (including phenoxy) is 1. The third-order valence-electron chi connectivity index (χ3n) is 3.01. The number of carbonyl (C=O) groups is 1. The molecule has 19 heavy (non-hydrogen) atoms. The van der Waals surface area contributed by atoms with Gasteiger partial charge in [-0.15, -0.1) is 0 Å². The quantitative estimate of drug-likeness (QED) is 0.749. The van der Waals surface area contributed by atoms with E-state index >= 15 is 0 Å². The monoisotopic (exact) mass is 261 g/mol. The van der Waals surface area contributed by atoms with Crippen molar-refractivity contribution in [2.45, 2.75) is 33.4 Å². The number of esters is 1. The van der Waals surface area contributed by atoms with E-state index in [9.17, 15) is 4.79 Å². The number of aryl methyl sites for hydroxylation is 3. The molecule has 0 unspecified atom stereocenters. The predicted molar refractivity (Wildman–Crippen MR) is 72.0 cm³/mol. The van der Waals surface area contributed by atoms with E-state index in [2.05, 4.69) is 4.98 Å². The smallest absolute Gasteiger partial charge is 0.355 e. The van der Waals surface area contributed by atoms with Crippen molar-refractivity contribution in [1.29, 1.82) is 0 Å². The molecule has 0 N–H and O–H groups in total. The number of rotatable bonds is 6. The van der Waals surface area contributed by atoms with Gasteiger partial charge in [-0.25, -0.2) is 9.78 Å². The highest BCUT2D eigenvalue weighted by molar-refractivity contribution is 5.89. The fourth-order valence-electron chi connectivity index (χ4n) is 2.09. The van der Waals surface area contributed by atoms with Crippen LogP contribution in [0.15, 0.2) is 31.0 Å². The summed E-state index contributed by atoms with van der Waals surface area (Å²) in [6.45, 7) is 5.83. The second-order valence-corrected chi connectivity index (χ2v) is 4.42. The molecule has 2 heterocycles. The summed E-state index contributed by atoms with van der Waals surface area (Å²) in [5, 5.41) is 0. The summed E-state index contributed by atoms with van der Waals surface area (Å²) in [7, 11) is 0. The third-order valence-corrected chi connectivity index (χ3v) is 3.01. The topological polar surface area (TPSA) is 49.0 Å². The lowest BCUT2D eigenvalue weighted by Crippen LogP contribution is -2.14. The molecule has 0 saturated carbocycles. The first kappa shape index (κ1) is 13.4. The van der Waals surface area contributed by atoms with E-state index in [4.69, 9.17) is 4.74 Å². The van der Waals surface area contributed by atoms with Gasteiger partial charge in [0.15, 0.2) is 0 Å². The van der Waals surface area contributed by atoms with Gasteiger partial charge in [0.1, 0.15) is 5.69 Å². The van der Waals surface area contributed by atoms with Crippen LogP contribution in [0.25, 0.3) is 0 Å². The molecule has 0 bridgehead atoms. The minimum absolute atomic E-state index is 0.243. The Morgan fingerprint density at radius 1 is 1.37 bits per heavy atom. The zero-order chi connectivity index (χ0) is 13.7. The van der Waals surface area contributed by atoms with Crippen molar-refractivity contribution in [3.8, 4) is 0 Å². The Labute approximate surface area is 112 Å². The van der Waals surface area contributed by atoms with Crippen LogP contribution >= 0.6 is 0 Å². The van der Waals surface area contributed by atoms with Gasteiger partial charge in [0.25, 0.3) is 0 Å². The Kier molecular flexibility index (Phi) is 4.39. The highest BCUT2D eigenvalue weighted by atomic mass is 16.5. The first-order valence-electron chi connectivity index (χ1n) is 6.51. The fraction of sp³-hybridized carbons (Fsp3) is 0.429. The molecule has 0 fully saturated rings. The van der Waals surface area contributed by atoms with Gasteiger partial charge in [-0.3, -0.25) is 0 Å². The minimum Gasteiger partial charge on any atom is -0.461 e. The van der Waals surface area contributed by atoms with Crippen molar-refractivity contribution in [3.05, 3.63) is 42.2 Å². The van der Waals surface area contributed by atoms with Crippen molar-refractivity contribution in [1.82, 2.24) is 14.1 Å². The van der Waals surface area contributed by atoms with Crippen LogP contribution in [0.3, 0.4) is 0 Å². The van der Waals surface area contributed by atoms with Crippen molar-refractivity contribution in [3.63, 3.8) is 0 Å². The molecular weight excluding hydrogens is 242 g/mol. The van der Waals surface area contributed by atoms with Crippen LogP contribution < -0.4 is 0 Å². The highest BCUT2D eigenvalue weighted by Gasteiger charge is 2.15. The van der Waals surface area contributed by atoms with Gasteiger partial charge >= 0.3 is 5.97 Å². The molecule has 5 nitrogen and oxygen atoms in total. The van der Waals surface area contributed by atoms with E-state index in [1.165, 1.54) is 0 Å². The minimum atomic E-state index is -0.243. The molecule has 2 aromatic heterocycles. The fourth-order valence-corrected chi connectivity index (χ4v) is 2.09. The van der Waals surface area contributed by atoms with Gasteiger partial charge in [-0.2, -0.15) is 0 Å². The standard InChI is InChI=1S/C14H19N3O2/c1-3-19-14(18)13-12(2)5-9-17(13)8-4-7-16-10-6-15-11-16/h5-6,9-11H,3-4,7-8H2,1-2H3. The molecule has 0 aliphatic rings. The summed E-state index contributed by atoms with van der Waals surface area (Å²) < 4.78 is 9.08. The van der Waals surface area contributed by atoms with Gasteiger partial charge < -0.3 is 13.9 Å². The summed E-state index contributed by atoms with van der Waals surface area (Å²) in [4.78, 5) is 15.9. The van der Waals surface area contributed by atoms with E-state index in [0.29, 0.717) is 12.3 Å². The van der Waals surface area contributed by atoms with Gasteiger partial charge in [0.2, 0.25) is 0 Å². The third kappa shape index (κ3) is 3.24. The van der Waals surface area contributed by atoms with E-state index in [0.717, 1.165) is 25.1 Å². The summed E-state index contributed by atoms with van der Waals surface area (Å²) in [5.41, 5.74) is 1.62. The Morgan fingerprint density at radius 3 is 2.89 bits per heavy atom. The molecule has 0 aliphatic heterocycles. The summed E-state index contributed by atoms with van der Waals surface area (Å²) in [5.74, 6) is -0.243. The van der Waals surface area contributed by atoms with Gasteiger partial charge in [-0.05, 0) is 31.9 Å². The zero-order valence-corrected chi connectivity index (χ0v) is 11.4. The van der Waals surface area contributed by atoms with E-state index in [1.807, 2.05) is 41.4 Å².